The molecular weight excluding hydrogens is 776 g/mol. The summed E-state index contributed by atoms with van der Waals surface area (Å²) >= 11 is 0. The third-order valence-corrected chi connectivity index (χ3v) is 12.3. The van der Waals surface area contributed by atoms with Crippen molar-refractivity contribution in [2.45, 2.75) is 148 Å². The zero-order valence-corrected chi connectivity index (χ0v) is 37.3. The molecule has 1 aromatic rings. The van der Waals surface area contributed by atoms with Gasteiger partial charge in [0, 0.05) is 37.5 Å². The van der Waals surface area contributed by atoms with Gasteiger partial charge in [0.15, 0.2) is 6.29 Å². The van der Waals surface area contributed by atoms with Crippen LogP contribution in [0.2, 0.25) is 0 Å². The molecule has 2 bridgehead atoms. The van der Waals surface area contributed by atoms with E-state index < -0.39 is 77.8 Å². The lowest BCUT2D eigenvalue weighted by Crippen LogP contribution is -2.60. The Labute approximate surface area is 355 Å². The Kier molecular flexibility index (Phi) is 17.3. The number of fused-ring (bicyclic) bond motifs is 5. The molecule has 3 fully saturated rings. The van der Waals surface area contributed by atoms with E-state index in [4.69, 9.17) is 28.4 Å². The Morgan fingerprint density at radius 2 is 1.80 bits per heavy atom. The molecule has 4 rings (SSSR count). The smallest absolute Gasteiger partial charge is 0.407 e. The fraction of sp³-hybridized carbons (Fsp3) is 0.727. The summed E-state index contributed by atoms with van der Waals surface area (Å²) in [6.45, 7) is 20.1. The topological polar surface area (TPSA) is 207 Å². The Bertz CT molecular complexity index is 1670. The maximum atomic E-state index is 13.9. The maximum Gasteiger partial charge on any atom is 0.407 e. The Balaban J connectivity index is 1.78. The molecule has 0 spiro atoms. The van der Waals surface area contributed by atoms with Crippen LogP contribution in [-0.2, 0) is 44.6 Å². The fourth-order valence-corrected chi connectivity index (χ4v) is 9.04. The van der Waals surface area contributed by atoms with Crippen LogP contribution in [0.15, 0.2) is 42.1 Å². The van der Waals surface area contributed by atoms with E-state index in [1.165, 1.54) is 13.1 Å². The first-order valence-corrected chi connectivity index (χ1v) is 21.1. The molecular formula is C44H70N4O12. The SMILES string of the molecule is C=C1COC2[C@@H](C)/C(=C/COC(=O)NCc3ccnc(NC(C)=O)c3)[C@H](C)C[C@@](C)(OC1)[C@H](OC1O[C@H](C)C[C@H](N(C)C)[C@H]1O)[C@@H](C)[C@H](O)[C@@H](C)C(=O)O[C@H](CC)[C@@]2(C)O. The number of ether oxygens (including phenoxy) is 6. The van der Waals surface area contributed by atoms with Gasteiger partial charge in [0.05, 0.1) is 49.1 Å². The van der Waals surface area contributed by atoms with Crippen molar-refractivity contribution in [1.29, 1.82) is 0 Å². The van der Waals surface area contributed by atoms with Gasteiger partial charge in [-0.05, 0) is 96.3 Å². The summed E-state index contributed by atoms with van der Waals surface area (Å²) in [6.07, 6.45) is -2.94. The molecule has 338 valence electrons. The summed E-state index contributed by atoms with van der Waals surface area (Å²) in [6, 6.07) is 3.08. The van der Waals surface area contributed by atoms with Crippen molar-refractivity contribution in [2.75, 3.05) is 39.2 Å². The number of aliphatic hydroxyl groups is 3. The number of alkyl carbamates (subject to hydrolysis) is 1. The summed E-state index contributed by atoms with van der Waals surface area (Å²) in [5, 5.41) is 41.4. The number of nitrogens with zero attached hydrogens (tertiary/aromatic N) is 2. The van der Waals surface area contributed by atoms with Gasteiger partial charge in [-0.15, -0.1) is 0 Å². The van der Waals surface area contributed by atoms with Crippen molar-refractivity contribution in [3.05, 3.63) is 47.7 Å². The van der Waals surface area contributed by atoms with Crippen LogP contribution in [0.1, 0.15) is 87.1 Å². The van der Waals surface area contributed by atoms with Gasteiger partial charge < -0.3 is 59.3 Å². The highest BCUT2D eigenvalue weighted by Crippen LogP contribution is 2.43. The second-order valence-corrected chi connectivity index (χ2v) is 17.7. The van der Waals surface area contributed by atoms with Crippen LogP contribution in [0.3, 0.4) is 0 Å². The van der Waals surface area contributed by atoms with Crippen molar-refractivity contribution < 1.29 is 58.1 Å². The predicted octanol–water partition coefficient (Wildman–Crippen LogP) is 4.12. The lowest BCUT2D eigenvalue weighted by Gasteiger charge is -2.48. The number of pyridine rings is 1. The van der Waals surface area contributed by atoms with E-state index in [9.17, 15) is 29.7 Å². The summed E-state index contributed by atoms with van der Waals surface area (Å²) in [5.74, 6) is -3.33. The number of anilines is 1. The van der Waals surface area contributed by atoms with E-state index in [0.717, 1.165) is 5.57 Å². The van der Waals surface area contributed by atoms with Gasteiger partial charge in [0.2, 0.25) is 5.91 Å². The third-order valence-electron chi connectivity index (χ3n) is 12.3. The lowest BCUT2D eigenvalue weighted by atomic mass is 9.72. The number of hydrogen-bond donors (Lipinski definition) is 5. The van der Waals surface area contributed by atoms with E-state index in [-0.39, 0.29) is 63.2 Å². The monoisotopic (exact) mass is 846 g/mol. The number of carbonyl (C=O) groups is 3. The standard InChI is InChI=1S/C44H70N4O12/c1-13-34-44(10,54)39-27(5)32(15-17-55-42(53)46-21-31-14-16-45-35(19-31)47-30(8)49)25(3)20-43(9,57-23-24(2)22-56-39)38(28(6)36(50)29(7)40(52)59-34)60-41-37(51)33(48(11)12)18-26(4)58-41/h14-16,19,25-29,33-34,36-39,41,50-51,54H,2,13,17-18,20-23H2,1,3-12H3,(H,46,53)(H,45,47,49)/b32-15+/t25-,26-,27+,28+,29-,33+,34-,36+,37-,38-,39?,41?,43-,44-/m1/s1. The molecule has 0 aromatic carbocycles. The van der Waals surface area contributed by atoms with Crippen LogP contribution >= 0.6 is 0 Å². The van der Waals surface area contributed by atoms with E-state index >= 15 is 0 Å². The van der Waals surface area contributed by atoms with Gasteiger partial charge in [-0.25, -0.2) is 9.78 Å². The molecule has 16 nitrogen and oxygen atoms in total. The molecule has 2 unspecified atom stereocenters. The zero-order chi connectivity index (χ0) is 44.7. The molecule has 0 radical (unpaired) electrons. The predicted molar refractivity (Wildman–Crippen MR) is 223 cm³/mol. The average molecular weight is 847 g/mol. The Morgan fingerprint density at radius 3 is 2.45 bits per heavy atom. The Hall–Kier alpha value is -3.48. The van der Waals surface area contributed by atoms with Gasteiger partial charge in [-0.3, -0.25) is 9.59 Å². The molecule has 3 aliphatic rings. The lowest BCUT2D eigenvalue weighted by molar-refractivity contribution is -0.303. The van der Waals surface area contributed by atoms with Crippen LogP contribution < -0.4 is 10.6 Å². The second kappa shape index (κ2) is 21.1. The molecule has 5 N–H and O–H groups in total. The first kappa shape index (κ1) is 49.2. The van der Waals surface area contributed by atoms with E-state index in [0.29, 0.717) is 23.4 Å². The third kappa shape index (κ3) is 12.1. The van der Waals surface area contributed by atoms with Gasteiger partial charge in [-0.1, -0.05) is 39.8 Å². The number of rotatable bonds is 9. The normalized spacial score (nSPS) is 38.0. The number of likely N-dealkylation sites (N-methyl/N-ethyl adjacent to an activating group) is 1. The van der Waals surface area contributed by atoms with Crippen molar-refractivity contribution >= 4 is 23.8 Å². The number of nitrogens with one attached hydrogen (secondary N) is 2. The molecule has 4 heterocycles. The molecule has 0 saturated carbocycles. The minimum atomic E-state index is -1.74. The van der Waals surface area contributed by atoms with Crippen LogP contribution in [0.25, 0.3) is 0 Å². The highest BCUT2D eigenvalue weighted by molar-refractivity contribution is 5.87. The van der Waals surface area contributed by atoms with Crippen molar-refractivity contribution in [1.82, 2.24) is 15.2 Å². The van der Waals surface area contributed by atoms with E-state index in [1.807, 2.05) is 46.7 Å². The first-order valence-electron chi connectivity index (χ1n) is 21.1. The number of carbonyl (C=O) groups excluding carboxylic acids is 3. The molecule has 1 aromatic heterocycles. The molecule has 60 heavy (non-hydrogen) atoms. The molecule has 3 saturated heterocycles. The van der Waals surface area contributed by atoms with Crippen LogP contribution in [-0.4, -0.2) is 137 Å². The second-order valence-electron chi connectivity index (χ2n) is 17.7. The fourth-order valence-electron chi connectivity index (χ4n) is 9.04. The summed E-state index contributed by atoms with van der Waals surface area (Å²) in [7, 11) is 3.77. The summed E-state index contributed by atoms with van der Waals surface area (Å²) < 4.78 is 38.1. The number of esters is 1. The minimum absolute atomic E-state index is 0.00255. The number of cyclic esters (lactones) is 1. The van der Waals surface area contributed by atoms with Gasteiger partial charge >= 0.3 is 12.1 Å². The number of aromatic nitrogens is 1. The number of amides is 2. The molecule has 16 heteroatoms. The van der Waals surface area contributed by atoms with Crippen molar-refractivity contribution in [2.24, 2.45) is 23.7 Å². The molecule has 0 aliphatic carbocycles. The van der Waals surface area contributed by atoms with Crippen LogP contribution in [0.5, 0.6) is 0 Å². The highest BCUT2D eigenvalue weighted by Gasteiger charge is 2.52. The van der Waals surface area contributed by atoms with Gasteiger partial charge in [-0.2, -0.15) is 0 Å². The highest BCUT2D eigenvalue weighted by atomic mass is 16.7. The summed E-state index contributed by atoms with van der Waals surface area (Å²) in [5.41, 5.74) is -0.929. The largest absolute Gasteiger partial charge is 0.459 e. The van der Waals surface area contributed by atoms with Gasteiger partial charge in [0.25, 0.3) is 0 Å². The maximum absolute atomic E-state index is 13.9. The van der Waals surface area contributed by atoms with Gasteiger partial charge in [0.1, 0.15) is 30.2 Å². The number of hydrogen-bond acceptors (Lipinski definition) is 14. The first-order chi connectivity index (χ1) is 28.1. The average Bonchev–Trinajstić information content (AvgIpc) is 3.19. The minimum Gasteiger partial charge on any atom is -0.459 e. The van der Waals surface area contributed by atoms with Crippen molar-refractivity contribution in [3.8, 4) is 0 Å². The van der Waals surface area contributed by atoms with Crippen LogP contribution in [0, 0.1) is 23.7 Å². The number of aliphatic hydroxyl groups excluding tert-OH is 2. The van der Waals surface area contributed by atoms with Crippen LogP contribution in [0.4, 0.5) is 10.6 Å². The summed E-state index contributed by atoms with van der Waals surface area (Å²) in [4.78, 5) is 44.4. The van der Waals surface area contributed by atoms with E-state index in [2.05, 4.69) is 22.2 Å². The quantitative estimate of drug-likeness (QED) is 0.175. The zero-order valence-electron chi connectivity index (χ0n) is 37.3. The van der Waals surface area contributed by atoms with E-state index in [1.54, 1.807) is 45.9 Å². The van der Waals surface area contributed by atoms with Crippen molar-refractivity contribution in [3.63, 3.8) is 0 Å². The Morgan fingerprint density at radius 1 is 1.10 bits per heavy atom. The molecule has 14 atom stereocenters. The molecule has 3 aliphatic heterocycles. The molecule has 2 amide bonds.